The van der Waals surface area contributed by atoms with E-state index in [0.29, 0.717) is 23.0 Å². The van der Waals surface area contributed by atoms with Crippen LogP contribution in [0.4, 0.5) is 0 Å². The Kier molecular flexibility index (Phi) is 4.10. The number of nitrogens with zero attached hydrogens (tertiary/aromatic N) is 3. The SMILES string of the molecule is CCC1=NO[C@@H](CNC(=O)c2ccc3c(=O)n(C)cnc3c2)C1. The molecule has 0 saturated carbocycles. The average Bonchev–Trinajstić information content (AvgIpc) is 3.04. The predicted molar refractivity (Wildman–Crippen MR) is 86.5 cm³/mol. The van der Waals surface area contributed by atoms with Gasteiger partial charge >= 0.3 is 0 Å². The van der Waals surface area contributed by atoms with Gasteiger partial charge in [-0.05, 0) is 24.6 Å². The molecule has 0 saturated heterocycles. The first-order valence-electron chi connectivity index (χ1n) is 7.53. The monoisotopic (exact) mass is 314 g/mol. The molecule has 1 aliphatic heterocycles. The van der Waals surface area contributed by atoms with E-state index in [2.05, 4.69) is 15.5 Å². The van der Waals surface area contributed by atoms with E-state index in [9.17, 15) is 9.59 Å². The van der Waals surface area contributed by atoms with Crippen molar-refractivity contribution in [1.82, 2.24) is 14.9 Å². The van der Waals surface area contributed by atoms with Crippen molar-refractivity contribution in [1.29, 1.82) is 0 Å². The van der Waals surface area contributed by atoms with E-state index in [4.69, 9.17) is 4.84 Å². The average molecular weight is 314 g/mol. The third-order valence-corrected chi connectivity index (χ3v) is 3.87. The Bertz CT molecular complexity index is 841. The van der Waals surface area contributed by atoms with Crippen LogP contribution in [0.3, 0.4) is 0 Å². The fourth-order valence-corrected chi connectivity index (χ4v) is 2.47. The molecule has 1 atom stereocenters. The van der Waals surface area contributed by atoms with Gasteiger partial charge in [-0.2, -0.15) is 0 Å². The van der Waals surface area contributed by atoms with Gasteiger partial charge in [-0.1, -0.05) is 12.1 Å². The molecular weight excluding hydrogens is 296 g/mol. The highest BCUT2D eigenvalue weighted by molar-refractivity contribution is 5.97. The Labute approximate surface area is 133 Å². The van der Waals surface area contributed by atoms with Crippen molar-refractivity contribution in [3.8, 4) is 0 Å². The number of hydrogen-bond acceptors (Lipinski definition) is 5. The van der Waals surface area contributed by atoms with Gasteiger partial charge in [0.25, 0.3) is 11.5 Å². The van der Waals surface area contributed by atoms with Crippen LogP contribution in [-0.4, -0.2) is 33.8 Å². The van der Waals surface area contributed by atoms with Crippen molar-refractivity contribution in [2.75, 3.05) is 6.54 Å². The first-order chi connectivity index (χ1) is 11.1. The van der Waals surface area contributed by atoms with Crippen molar-refractivity contribution in [2.24, 2.45) is 12.2 Å². The van der Waals surface area contributed by atoms with Crippen LogP contribution in [0.2, 0.25) is 0 Å². The third-order valence-electron chi connectivity index (χ3n) is 3.87. The van der Waals surface area contributed by atoms with Crippen molar-refractivity contribution in [3.05, 3.63) is 40.4 Å². The third kappa shape index (κ3) is 3.08. The van der Waals surface area contributed by atoms with Gasteiger partial charge in [-0.3, -0.25) is 9.59 Å². The molecule has 3 rings (SSSR count). The summed E-state index contributed by atoms with van der Waals surface area (Å²) in [5.41, 5.74) is 1.85. The molecule has 0 spiro atoms. The molecule has 0 aliphatic carbocycles. The Balaban J connectivity index is 1.69. The second-order valence-electron chi connectivity index (χ2n) is 5.55. The summed E-state index contributed by atoms with van der Waals surface area (Å²) >= 11 is 0. The lowest BCUT2D eigenvalue weighted by molar-refractivity contribution is 0.0753. The lowest BCUT2D eigenvalue weighted by atomic mass is 10.1. The standard InChI is InChI=1S/C16H18N4O3/c1-3-11-7-12(23-19-11)8-17-15(21)10-4-5-13-14(6-10)18-9-20(2)16(13)22/h4-6,9,12H,3,7-8H2,1-2H3,(H,17,21)/t12-/m1/s1. The first-order valence-corrected chi connectivity index (χ1v) is 7.53. The maximum Gasteiger partial charge on any atom is 0.260 e. The molecule has 7 nitrogen and oxygen atoms in total. The number of rotatable bonds is 4. The Morgan fingerprint density at radius 2 is 2.30 bits per heavy atom. The van der Waals surface area contributed by atoms with Gasteiger partial charge in [0.05, 0.1) is 29.5 Å². The van der Waals surface area contributed by atoms with Crippen LogP contribution >= 0.6 is 0 Å². The van der Waals surface area contributed by atoms with Crippen LogP contribution < -0.4 is 10.9 Å². The van der Waals surface area contributed by atoms with E-state index in [1.807, 2.05) is 6.92 Å². The number of nitrogens with one attached hydrogen (secondary N) is 1. The normalized spacial score (nSPS) is 17.0. The quantitative estimate of drug-likeness (QED) is 0.919. The molecule has 0 fully saturated rings. The molecule has 23 heavy (non-hydrogen) atoms. The number of aromatic nitrogens is 2. The van der Waals surface area contributed by atoms with Crippen LogP contribution in [0.1, 0.15) is 30.1 Å². The second kappa shape index (κ2) is 6.20. The smallest absolute Gasteiger partial charge is 0.260 e. The zero-order valence-electron chi connectivity index (χ0n) is 13.1. The summed E-state index contributed by atoms with van der Waals surface area (Å²) in [6, 6.07) is 4.88. The summed E-state index contributed by atoms with van der Waals surface area (Å²) in [6.45, 7) is 2.42. The van der Waals surface area contributed by atoms with Crippen molar-refractivity contribution < 1.29 is 9.63 Å². The fraction of sp³-hybridized carbons (Fsp3) is 0.375. The molecule has 1 N–H and O–H groups in total. The Hall–Kier alpha value is -2.70. The number of benzene rings is 1. The highest BCUT2D eigenvalue weighted by Gasteiger charge is 2.20. The minimum absolute atomic E-state index is 0.111. The molecule has 1 aliphatic rings. The molecule has 2 heterocycles. The number of carbonyl (C=O) groups is 1. The molecule has 1 aromatic heterocycles. The lowest BCUT2D eigenvalue weighted by Crippen LogP contribution is -2.32. The summed E-state index contributed by atoms with van der Waals surface area (Å²) in [5.74, 6) is -0.220. The van der Waals surface area contributed by atoms with E-state index in [-0.39, 0.29) is 17.6 Å². The van der Waals surface area contributed by atoms with Crippen molar-refractivity contribution in [2.45, 2.75) is 25.9 Å². The Morgan fingerprint density at radius 3 is 3.04 bits per heavy atom. The van der Waals surface area contributed by atoms with Gasteiger partial charge in [0.2, 0.25) is 0 Å². The summed E-state index contributed by atoms with van der Waals surface area (Å²) < 4.78 is 1.41. The van der Waals surface area contributed by atoms with Gasteiger partial charge in [0, 0.05) is 19.0 Å². The van der Waals surface area contributed by atoms with E-state index >= 15 is 0 Å². The minimum Gasteiger partial charge on any atom is -0.390 e. The summed E-state index contributed by atoms with van der Waals surface area (Å²) in [6.07, 6.45) is 2.93. The van der Waals surface area contributed by atoms with Crippen LogP contribution in [-0.2, 0) is 11.9 Å². The van der Waals surface area contributed by atoms with E-state index < -0.39 is 0 Å². The minimum atomic E-state index is -0.220. The fourth-order valence-electron chi connectivity index (χ4n) is 2.47. The van der Waals surface area contributed by atoms with Crippen LogP contribution in [0.15, 0.2) is 34.5 Å². The molecule has 1 aromatic carbocycles. The first kappa shape index (κ1) is 15.2. The van der Waals surface area contributed by atoms with E-state index in [1.54, 1.807) is 25.2 Å². The largest absolute Gasteiger partial charge is 0.390 e. The molecule has 2 aromatic rings. The summed E-state index contributed by atoms with van der Waals surface area (Å²) in [7, 11) is 1.64. The highest BCUT2D eigenvalue weighted by atomic mass is 16.6. The maximum absolute atomic E-state index is 12.2. The molecule has 7 heteroatoms. The van der Waals surface area contributed by atoms with Gasteiger partial charge in [0.1, 0.15) is 6.10 Å². The van der Waals surface area contributed by atoms with Gasteiger partial charge in [0.15, 0.2) is 0 Å². The number of amides is 1. The molecule has 0 unspecified atom stereocenters. The molecule has 0 radical (unpaired) electrons. The number of carbonyl (C=O) groups excluding carboxylic acids is 1. The van der Waals surface area contributed by atoms with Crippen LogP contribution in [0.25, 0.3) is 10.9 Å². The lowest BCUT2D eigenvalue weighted by Gasteiger charge is -2.10. The van der Waals surface area contributed by atoms with Crippen molar-refractivity contribution in [3.63, 3.8) is 0 Å². The zero-order chi connectivity index (χ0) is 16.4. The second-order valence-corrected chi connectivity index (χ2v) is 5.55. The van der Waals surface area contributed by atoms with Gasteiger partial charge in [-0.25, -0.2) is 4.98 Å². The maximum atomic E-state index is 12.2. The number of aryl methyl sites for hydroxylation is 1. The summed E-state index contributed by atoms with van der Waals surface area (Å²) in [4.78, 5) is 33.6. The van der Waals surface area contributed by atoms with E-state index in [0.717, 1.165) is 18.6 Å². The number of oxime groups is 1. The van der Waals surface area contributed by atoms with Crippen LogP contribution in [0.5, 0.6) is 0 Å². The van der Waals surface area contributed by atoms with Crippen LogP contribution in [0, 0.1) is 0 Å². The molecule has 0 bridgehead atoms. The number of fused-ring (bicyclic) bond motifs is 1. The Morgan fingerprint density at radius 1 is 1.48 bits per heavy atom. The topological polar surface area (TPSA) is 85.6 Å². The molecule has 120 valence electrons. The zero-order valence-corrected chi connectivity index (χ0v) is 13.1. The molecule has 1 amide bonds. The summed E-state index contributed by atoms with van der Waals surface area (Å²) in [5, 5.41) is 7.28. The highest BCUT2D eigenvalue weighted by Crippen LogP contribution is 2.13. The van der Waals surface area contributed by atoms with E-state index in [1.165, 1.54) is 10.9 Å². The molecular formula is C16H18N4O3. The number of hydrogen-bond donors (Lipinski definition) is 1. The van der Waals surface area contributed by atoms with Gasteiger partial charge in [-0.15, -0.1) is 0 Å². The predicted octanol–water partition coefficient (Wildman–Crippen LogP) is 1.22. The van der Waals surface area contributed by atoms with Crippen molar-refractivity contribution >= 4 is 22.5 Å². The van der Waals surface area contributed by atoms with Gasteiger partial charge < -0.3 is 14.7 Å².